The summed E-state index contributed by atoms with van der Waals surface area (Å²) in [6.45, 7) is 0. The number of aromatic nitrogens is 5. The number of rotatable bonds is 4. The van der Waals surface area contributed by atoms with Crippen LogP contribution < -0.4 is 0 Å². The van der Waals surface area contributed by atoms with Gasteiger partial charge in [0.2, 0.25) is 0 Å². The van der Waals surface area contributed by atoms with Crippen LogP contribution in [0.25, 0.3) is 100 Å². The fraction of sp³-hybridized carbons (Fsp3) is 0. The summed E-state index contributed by atoms with van der Waals surface area (Å²) in [7, 11) is 0. The standard InChI is InChI=1S/C47H27N5OS/c1-3-13-28(14-4-1)44-48-45(50-46(49-44)35-20-11-18-32-31-17-7-9-22-38(31)53-43(32)35)29-25-26-33-37(27-29)51(30-15-5-2-6-16-30)47-41(33)34-19-12-24-40-42(34)52(47)36-21-8-10-23-39(36)54-40/h1-27H. The van der Waals surface area contributed by atoms with Gasteiger partial charge in [0.05, 0.1) is 22.3 Å². The molecule has 0 unspecified atom stereocenters. The maximum atomic E-state index is 6.46. The molecule has 1 aliphatic heterocycles. The van der Waals surface area contributed by atoms with Crippen LogP contribution in [0.2, 0.25) is 0 Å². The number of hydrogen-bond acceptors (Lipinski definition) is 5. The van der Waals surface area contributed by atoms with E-state index in [4.69, 9.17) is 19.4 Å². The number of fused-ring (bicyclic) bond motifs is 10. The van der Waals surface area contributed by atoms with Crippen LogP contribution in [-0.2, 0) is 0 Å². The molecule has 0 saturated carbocycles. The van der Waals surface area contributed by atoms with Crippen molar-refractivity contribution in [3.8, 4) is 45.5 Å². The summed E-state index contributed by atoms with van der Waals surface area (Å²) in [4.78, 5) is 17.9. The van der Waals surface area contributed by atoms with E-state index in [1.807, 2.05) is 72.4 Å². The Morgan fingerprint density at radius 3 is 2.06 bits per heavy atom. The van der Waals surface area contributed by atoms with E-state index < -0.39 is 0 Å². The zero-order chi connectivity index (χ0) is 35.3. The van der Waals surface area contributed by atoms with Crippen LogP contribution in [0.3, 0.4) is 0 Å². The van der Waals surface area contributed by atoms with Gasteiger partial charge in [-0.25, -0.2) is 15.0 Å². The molecule has 0 amide bonds. The van der Waals surface area contributed by atoms with E-state index in [0.29, 0.717) is 17.5 Å². The Morgan fingerprint density at radius 1 is 0.481 bits per heavy atom. The third kappa shape index (κ3) is 4.21. The van der Waals surface area contributed by atoms with Crippen molar-refractivity contribution < 1.29 is 4.42 Å². The second-order valence-electron chi connectivity index (χ2n) is 13.6. The van der Waals surface area contributed by atoms with Gasteiger partial charge in [0.1, 0.15) is 16.8 Å². The van der Waals surface area contributed by atoms with E-state index in [0.717, 1.165) is 55.5 Å². The number of furan rings is 1. The minimum absolute atomic E-state index is 0.563. The van der Waals surface area contributed by atoms with Gasteiger partial charge in [-0.3, -0.25) is 9.13 Å². The average Bonchev–Trinajstić information content (AvgIpc) is 3.90. The van der Waals surface area contributed by atoms with Gasteiger partial charge in [-0.2, -0.15) is 0 Å². The van der Waals surface area contributed by atoms with Crippen LogP contribution in [0.1, 0.15) is 0 Å². The third-order valence-corrected chi connectivity index (χ3v) is 11.7. The predicted octanol–water partition coefficient (Wildman–Crippen LogP) is 12.3. The molecule has 0 radical (unpaired) electrons. The molecule has 5 heterocycles. The van der Waals surface area contributed by atoms with Crippen molar-refractivity contribution in [1.29, 1.82) is 0 Å². The molecule has 0 saturated heterocycles. The molecule has 7 heteroatoms. The van der Waals surface area contributed by atoms with Crippen molar-refractivity contribution in [2.75, 3.05) is 0 Å². The van der Waals surface area contributed by atoms with Crippen LogP contribution >= 0.6 is 11.8 Å². The van der Waals surface area contributed by atoms with Gasteiger partial charge in [0.25, 0.3) is 0 Å². The first-order valence-corrected chi connectivity index (χ1v) is 18.8. The predicted molar refractivity (Wildman–Crippen MR) is 219 cm³/mol. The highest BCUT2D eigenvalue weighted by Gasteiger charge is 2.28. The summed E-state index contributed by atoms with van der Waals surface area (Å²) in [5.74, 6) is 1.76. The number of nitrogens with zero attached hydrogens (tertiary/aromatic N) is 5. The second-order valence-corrected chi connectivity index (χ2v) is 14.7. The van der Waals surface area contributed by atoms with E-state index in [1.165, 1.54) is 37.2 Å². The molecule has 0 bridgehead atoms. The molecule has 0 fully saturated rings. The molecular formula is C47H27N5OS. The average molecular weight is 710 g/mol. The van der Waals surface area contributed by atoms with Crippen LogP contribution in [-0.4, -0.2) is 24.1 Å². The van der Waals surface area contributed by atoms with Gasteiger partial charge in [-0.05, 0) is 48.5 Å². The van der Waals surface area contributed by atoms with Gasteiger partial charge < -0.3 is 4.42 Å². The van der Waals surface area contributed by atoms with Crippen LogP contribution in [0.5, 0.6) is 0 Å². The molecule has 1 aliphatic rings. The number of benzene rings is 7. The van der Waals surface area contributed by atoms with E-state index in [-0.39, 0.29) is 0 Å². The lowest BCUT2D eigenvalue weighted by molar-refractivity contribution is 0.669. The highest BCUT2D eigenvalue weighted by atomic mass is 32.2. The Labute approximate surface area is 313 Å². The largest absolute Gasteiger partial charge is 0.455 e. The van der Waals surface area contributed by atoms with E-state index in [1.54, 1.807) is 0 Å². The Kier molecular flexibility index (Phi) is 6.18. The molecule has 11 aromatic rings. The van der Waals surface area contributed by atoms with Crippen LogP contribution in [0.15, 0.2) is 178 Å². The molecule has 0 atom stereocenters. The quantitative estimate of drug-likeness (QED) is 0.182. The summed E-state index contributed by atoms with van der Waals surface area (Å²) in [5, 5.41) is 5.74. The van der Waals surface area contributed by atoms with Gasteiger partial charge in [0.15, 0.2) is 17.5 Å². The zero-order valence-corrected chi connectivity index (χ0v) is 29.5. The minimum Gasteiger partial charge on any atom is -0.455 e. The topological polar surface area (TPSA) is 61.7 Å². The van der Waals surface area contributed by atoms with Gasteiger partial charge in [0, 0.05) is 53.5 Å². The molecule has 252 valence electrons. The molecule has 0 spiro atoms. The van der Waals surface area contributed by atoms with Crippen LogP contribution in [0.4, 0.5) is 0 Å². The summed E-state index contributed by atoms with van der Waals surface area (Å²) >= 11 is 1.84. The summed E-state index contributed by atoms with van der Waals surface area (Å²) in [5.41, 5.74) is 9.98. The Bertz CT molecular complexity index is 3310. The lowest BCUT2D eigenvalue weighted by atomic mass is 10.1. The molecule has 6 nitrogen and oxygen atoms in total. The highest BCUT2D eigenvalue weighted by molar-refractivity contribution is 7.99. The van der Waals surface area contributed by atoms with E-state index in [2.05, 4.69) is 112 Å². The smallest absolute Gasteiger partial charge is 0.167 e. The number of para-hydroxylation sites is 5. The maximum Gasteiger partial charge on any atom is 0.167 e. The van der Waals surface area contributed by atoms with E-state index >= 15 is 0 Å². The minimum atomic E-state index is 0.563. The Morgan fingerprint density at radius 2 is 1.17 bits per heavy atom. The van der Waals surface area contributed by atoms with Crippen molar-refractivity contribution >= 4 is 66.5 Å². The molecule has 54 heavy (non-hydrogen) atoms. The summed E-state index contributed by atoms with van der Waals surface area (Å²) in [6.07, 6.45) is 0. The summed E-state index contributed by atoms with van der Waals surface area (Å²) < 4.78 is 11.3. The van der Waals surface area contributed by atoms with E-state index in [9.17, 15) is 0 Å². The highest BCUT2D eigenvalue weighted by Crippen LogP contribution is 2.49. The lowest BCUT2D eigenvalue weighted by Crippen LogP contribution is -2.05. The molecule has 4 aromatic heterocycles. The van der Waals surface area contributed by atoms with Gasteiger partial charge >= 0.3 is 0 Å². The fourth-order valence-corrected chi connectivity index (χ4v) is 9.31. The fourth-order valence-electron chi connectivity index (χ4n) is 8.22. The normalized spacial score (nSPS) is 12.4. The SMILES string of the molecule is c1ccc(-c2nc(-c3ccc4c5c6cccc7c6n(c5n(-c5ccccc5)c4c3)-c3ccccc3S7)nc(-c3cccc4c3oc3ccccc34)n2)cc1. The first-order valence-electron chi connectivity index (χ1n) is 18.0. The van der Waals surface area contributed by atoms with Crippen LogP contribution in [0, 0.1) is 0 Å². The van der Waals surface area contributed by atoms with Crippen molar-refractivity contribution in [3.05, 3.63) is 164 Å². The van der Waals surface area contributed by atoms with Crippen molar-refractivity contribution in [3.63, 3.8) is 0 Å². The Hall–Kier alpha value is -6.96. The third-order valence-electron chi connectivity index (χ3n) is 10.6. The van der Waals surface area contributed by atoms with Gasteiger partial charge in [-0.15, -0.1) is 0 Å². The summed E-state index contributed by atoms with van der Waals surface area (Å²) in [6, 6.07) is 57.1. The van der Waals surface area contributed by atoms with Crippen molar-refractivity contribution in [2.45, 2.75) is 9.79 Å². The molecular weight excluding hydrogens is 683 g/mol. The first kappa shape index (κ1) is 29.6. The van der Waals surface area contributed by atoms with Crippen molar-refractivity contribution in [1.82, 2.24) is 24.1 Å². The second kappa shape index (κ2) is 11.3. The lowest BCUT2D eigenvalue weighted by Gasteiger charge is -2.21. The van der Waals surface area contributed by atoms with Crippen molar-refractivity contribution in [2.24, 2.45) is 0 Å². The molecule has 0 aliphatic carbocycles. The van der Waals surface area contributed by atoms with Gasteiger partial charge in [-0.1, -0.05) is 127 Å². The maximum absolute atomic E-state index is 6.46. The monoisotopic (exact) mass is 709 g/mol. The zero-order valence-electron chi connectivity index (χ0n) is 28.6. The molecule has 0 N–H and O–H groups in total. The molecule has 7 aromatic carbocycles. The first-order chi connectivity index (χ1) is 26.8. The number of hydrogen-bond donors (Lipinski definition) is 0. The Balaban J connectivity index is 1.15. The molecule has 12 rings (SSSR count).